The smallest absolute Gasteiger partial charge is 0.408 e. The SMILES string of the molecule is CCCS(=O)(=O)NC12CC(NC(=O)OC(C)(C)C)(C1)C2. The van der Waals surface area contributed by atoms with E-state index in [2.05, 4.69) is 10.0 Å². The largest absolute Gasteiger partial charge is 0.444 e. The van der Waals surface area contributed by atoms with Gasteiger partial charge in [-0.05, 0) is 46.5 Å². The second-order valence-electron chi connectivity index (χ2n) is 7.14. The van der Waals surface area contributed by atoms with E-state index in [4.69, 9.17) is 4.74 Å². The Balaban J connectivity index is 1.81. The first kappa shape index (κ1) is 15.6. The molecule has 3 fully saturated rings. The first-order valence-corrected chi connectivity index (χ1v) is 8.67. The number of alkyl carbamates (subject to hydrolysis) is 1. The molecule has 0 heterocycles. The summed E-state index contributed by atoms with van der Waals surface area (Å²) in [6, 6.07) is 0. The predicted molar refractivity (Wildman–Crippen MR) is 75.9 cm³/mol. The van der Waals surface area contributed by atoms with Crippen LogP contribution in [-0.2, 0) is 14.8 Å². The van der Waals surface area contributed by atoms with Gasteiger partial charge in [0.2, 0.25) is 10.0 Å². The van der Waals surface area contributed by atoms with E-state index >= 15 is 0 Å². The van der Waals surface area contributed by atoms with Crippen LogP contribution < -0.4 is 10.0 Å². The molecular weight excluding hydrogens is 280 g/mol. The monoisotopic (exact) mass is 304 g/mol. The number of sulfonamides is 1. The van der Waals surface area contributed by atoms with Gasteiger partial charge in [0, 0.05) is 11.1 Å². The van der Waals surface area contributed by atoms with Gasteiger partial charge in [-0.1, -0.05) is 6.92 Å². The van der Waals surface area contributed by atoms with E-state index in [1.807, 2.05) is 27.7 Å². The van der Waals surface area contributed by atoms with Crippen LogP contribution >= 0.6 is 0 Å². The van der Waals surface area contributed by atoms with E-state index in [1.54, 1.807) is 0 Å². The number of rotatable bonds is 5. The Labute approximate surface area is 120 Å². The van der Waals surface area contributed by atoms with Crippen molar-refractivity contribution in [3.05, 3.63) is 0 Å². The van der Waals surface area contributed by atoms with E-state index in [0.717, 1.165) is 0 Å². The molecular formula is C13H24N2O4S. The molecule has 0 aromatic heterocycles. The summed E-state index contributed by atoms with van der Waals surface area (Å²) >= 11 is 0. The summed E-state index contributed by atoms with van der Waals surface area (Å²) < 4.78 is 31.5. The highest BCUT2D eigenvalue weighted by Crippen LogP contribution is 2.60. The zero-order chi connectivity index (χ0) is 15.2. The molecule has 0 radical (unpaired) electrons. The maximum Gasteiger partial charge on any atom is 0.408 e. The van der Waals surface area contributed by atoms with E-state index < -0.39 is 21.7 Å². The minimum atomic E-state index is -3.19. The molecule has 7 heteroatoms. The van der Waals surface area contributed by atoms with E-state index in [1.165, 1.54) is 0 Å². The quantitative estimate of drug-likeness (QED) is 0.806. The third-order valence-corrected chi connectivity index (χ3v) is 5.33. The molecule has 6 nitrogen and oxygen atoms in total. The molecule has 2 N–H and O–H groups in total. The lowest BCUT2D eigenvalue weighted by molar-refractivity contribution is -0.0899. The van der Waals surface area contributed by atoms with Gasteiger partial charge >= 0.3 is 6.09 Å². The van der Waals surface area contributed by atoms with Crippen LogP contribution in [0.25, 0.3) is 0 Å². The second-order valence-corrected chi connectivity index (χ2v) is 8.98. The van der Waals surface area contributed by atoms with E-state index in [9.17, 15) is 13.2 Å². The van der Waals surface area contributed by atoms with Crippen molar-refractivity contribution in [3.63, 3.8) is 0 Å². The molecule has 3 rings (SSSR count). The van der Waals surface area contributed by atoms with Crippen LogP contribution in [0.5, 0.6) is 0 Å². The summed E-state index contributed by atoms with van der Waals surface area (Å²) in [5, 5.41) is 2.86. The third kappa shape index (κ3) is 3.25. The van der Waals surface area contributed by atoms with Gasteiger partial charge in [-0.15, -0.1) is 0 Å². The Hall–Kier alpha value is -0.820. The number of hydrogen-bond donors (Lipinski definition) is 2. The van der Waals surface area contributed by atoms with E-state index in [0.29, 0.717) is 25.7 Å². The van der Waals surface area contributed by atoms with Crippen molar-refractivity contribution in [3.8, 4) is 0 Å². The van der Waals surface area contributed by atoms with Crippen molar-refractivity contribution in [2.24, 2.45) is 0 Å². The zero-order valence-electron chi connectivity index (χ0n) is 12.6. The number of carbonyl (C=O) groups is 1. The fourth-order valence-corrected chi connectivity index (χ4v) is 4.71. The summed E-state index contributed by atoms with van der Waals surface area (Å²) in [6.07, 6.45) is 2.14. The minimum Gasteiger partial charge on any atom is -0.444 e. The summed E-state index contributed by atoms with van der Waals surface area (Å²) in [5.74, 6) is 0.154. The maximum absolute atomic E-state index is 11.8. The molecule has 0 spiro atoms. The second kappa shape index (κ2) is 4.59. The van der Waals surface area contributed by atoms with Gasteiger partial charge in [-0.2, -0.15) is 0 Å². The number of nitrogens with one attached hydrogen (secondary N) is 2. The minimum absolute atomic E-state index is 0.154. The summed E-state index contributed by atoms with van der Waals surface area (Å²) in [6.45, 7) is 7.28. The highest BCUT2D eigenvalue weighted by atomic mass is 32.2. The fourth-order valence-electron chi connectivity index (χ4n) is 3.20. The summed E-state index contributed by atoms with van der Waals surface area (Å²) in [7, 11) is -3.19. The van der Waals surface area contributed by atoms with Gasteiger partial charge < -0.3 is 10.1 Å². The van der Waals surface area contributed by atoms with Gasteiger partial charge in [0.05, 0.1) is 5.75 Å². The van der Waals surface area contributed by atoms with Crippen LogP contribution in [0.15, 0.2) is 0 Å². The first-order valence-electron chi connectivity index (χ1n) is 7.02. The Morgan fingerprint density at radius 1 is 1.20 bits per heavy atom. The summed E-state index contributed by atoms with van der Waals surface area (Å²) in [4.78, 5) is 11.7. The molecule has 0 unspecified atom stereocenters. The lowest BCUT2D eigenvalue weighted by atomic mass is 9.44. The molecule has 0 aromatic carbocycles. The Morgan fingerprint density at radius 3 is 2.20 bits per heavy atom. The van der Waals surface area contributed by atoms with Gasteiger partial charge in [0.1, 0.15) is 5.60 Å². The van der Waals surface area contributed by atoms with Gasteiger partial charge in [-0.3, -0.25) is 0 Å². The predicted octanol–water partition coefficient (Wildman–Crippen LogP) is 1.52. The maximum atomic E-state index is 11.8. The van der Waals surface area contributed by atoms with Crippen molar-refractivity contribution in [2.45, 2.75) is 70.1 Å². The van der Waals surface area contributed by atoms with Crippen molar-refractivity contribution < 1.29 is 17.9 Å². The van der Waals surface area contributed by atoms with Crippen LogP contribution in [0.3, 0.4) is 0 Å². The Kier molecular flexibility index (Phi) is 3.57. The average Bonchev–Trinajstić information content (AvgIpc) is 2.08. The van der Waals surface area contributed by atoms with Gasteiger partial charge in [-0.25, -0.2) is 17.9 Å². The van der Waals surface area contributed by atoms with Crippen LogP contribution in [0.1, 0.15) is 53.4 Å². The highest BCUT2D eigenvalue weighted by molar-refractivity contribution is 7.89. The van der Waals surface area contributed by atoms with Crippen molar-refractivity contribution in [1.82, 2.24) is 10.0 Å². The topological polar surface area (TPSA) is 84.5 Å². The molecule has 0 saturated heterocycles. The van der Waals surface area contributed by atoms with Crippen molar-refractivity contribution >= 4 is 16.1 Å². The molecule has 3 aliphatic rings. The highest BCUT2D eigenvalue weighted by Gasteiger charge is 2.70. The lowest BCUT2D eigenvalue weighted by Gasteiger charge is -2.69. The standard InChI is InChI=1S/C13H24N2O4S/c1-5-6-20(17,18)15-13-7-12(8-13,9-13)14-10(16)19-11(2,3)4/h15H,5-9H2,1-4H3,(H,14,16). The van der Waals surface area contributed by atoms with Crippen molar-refractivity contribution in [2.75, 3.05) is 5.75 Å². The number of hydrogen-bond acceptors (Lipinski definition) is 4. The molecule has 116 valence electrons. The zero-order valence-corrected chi connectivity index (χ0v) is 13.4. The molecule has 2 bridgehead atoms. The molecule has 20 heavy (non-hydrogen) atoms. The van der Waals surface area contributed by atoms with Crippen LogP contribution in [0, 0.1) is 0 Å². The lowest BCUT2D eigenvalue weighted by Crippen LogP contribution is -2.83. The molecule has 3 saturated carbocycles. The molecule has 3 aliphatic carbocycles. The normalized spacial score (nSPS) is 32.0. The van der Waals surface area contributed by atoms with Crippen molar-refractivity contribution in [1.29, 1.82) is 0 Å². The number of ether oxygens (including phenoxy) is 1. The van der Waals surface area contributed by atoms with E-state index in [-0.39, 0.29) is 16.8 Å². The number of carbonyl (C=O) groups excluding carboxylic acids is 1. The fraction of sp³-hybridized carbons (Fsp3) is 0.923. The Morgan fingerprint density at radius 2 is 1.75 bits per heavy atom. The first-order chi connectivity index (χ1) is 8.99. The number of amides is 1. The van der Waals surface area contributed by atoms with Gasteiger partial charge in [0.15, 0.2) is 0 Å². The Bertz CT molecular complexity index is 487. The molecule has 0 aromatic rings. The molecule has 0 aliphatic heterocycles. The van der Waals surface area contributed by atoms with Crippen LogP contribution in [0.4, 0.5) is 4.79 Å². The molecule has 0 atom stereocenters. The summed E-state index contributed by atoms with van der Waals surface area (Å²) in [5.41, 5.74) is -1.12. The average molecular weight is 304 g/mol. The van der Waals surface area contributed by atoms with Crippen LogP contribution in [-0.4, -0.2) is 36.9 Å². The van der Waals surface area contributed by atoms with Gasteiger partial charge in [0.25, 0.3) is 0 Å². The third-order valence-electron chi connectivity index (χ3n) is 3.64. The van der Waals surface area contributed by atoms with Crippen LogP contribution in [0.2, 0.25) is 0 Å². The molecule has 1 amide bonds.